The minimum atomic E-state index is -0.688. The molecule has 3 rings (SSSR count). The van der Waals surface area contributed by atoms with Gasteiger partial charge in [0.05, 0.1) is 16.8 Å². The van der Waals surface area contributed by atoms with Crippen molar-refractivity contribution in [2.75, 3.05) is 18.4 Å². The Bertz CT molecular complexity index is 884. The molecule has 31 heavy (non-hydrogen) atoms. The van der Waals surface area contributed by atoms with E-state index < -0.39 is 6.04 Å². The standard InChI is InChI=1S/C18H17BrCl2N2O.C5H12N2/c1-2-14(16(22)10-24)18(11-3-5-12(19)6-4-11)23-17-8-7-13(20)9-15(17)21;6-7-4-2-1-3-5-7/h3-10,16,23H,2,22H2,1H3;1-6H2/b18-14-;. The van der Waals surface area contributed by atoms with E-state index >= 15 is 0 Å². The number of hydrazine groups is 1. The van der Waals surface area contributed by atoms with E-state index in [2.05, 4.69) is 21.2 Å². The van der Waals surface area contributed by atoms with E-state index in [1.165, 1.54) is 19.3 Å². The van der Waals surface area contributed by atoms with Gasteiger partial charge < -0.3 is 15.8 Å². The van der Waals surface area contributed by atoms with Crippen molar-refractivity contribution >= 4 is 56.8 Å². The number of nitrogens with zero attached hydrogens (tertiary/aromatic N) is 1. The second kappa shape index (κ2) is 13.2. The van der Waals surface area contributed by atoms with Crippen LogP contribution in [-0.2, 0) is 4.79 Å². The highest BCUT2D eigenvalue weighted by molar-refractivity contribution is 9.10. The van der Waals surface area contributed by atoms with Crippen molar-refractivity contribution < 1.29 is 4.79 Å². The second-order valence-corrected chi connectivity index (χ2v) is 9.03. The van der Waals surface area contributed by atoms with Gasteiger partial charge in [-0.15, -0.1) is 0 Å². The summed E-state index contributed by atoms with van der Waals surface area (Å²) in [5.41, 5.74) is 9.17. The third-order valence-electron chi connectivity index (χ3n) is 4.97. The molecule has 168 valence electrons. The molecule has 1 atom stereocenters. The number of carbonyl (C=O) groups excluding carboxylic acids is 1. The first-order valence-corrected chi connectivity index (χ1v) is 11.8. The molecule has 0 aromatic heterocycles. The van der Waals surface area contributed by atoms with E-state index in [9.17, 15) is 4.79 Å². The van der Waals surface area contributed by atoms with E-state index in [1.54, 1.807) is 18.2 Å². The summed E-state index contributed by atoms with van der Waals surface area (Å²) in [5.74, 6) is 5.47. The average molecular weight is 528 g/mol. The molecular weight excluding hydrogens is 499 g/mol. The molecule has 2 aromatic rings. The maximum atomic E-state index is 11.2. The average Bonchev–Trinajstić information content (AvgIpc) is 2.76. The van der Waals surface area contributed by atoms with Crippen LogP contribution >= 0.6 is 39.1 Å². The second-order valence-electron chi connectivity index (χ2n) is 7.27. The molecule has 1 aliphatic heterocycles. The fourth-order valence-corrected chi connectivity index (χ4v) is 3.98. The molecule has 2 aromatic carbocycles. The largest absolute Gasteiger partial charge is 0.354 e. The van der Waals surface area contributed by atoms with Crippen LogP contribution in [0.3, 0.4) is 0 Å². The van der Waals surface area contributed by atoms with Crippen LogP contribution in [0.5, 0.6) is 0 Å². The molecular formula is C23H29BrCl2N4O. The molecule has 0 saturated carbocycles. The highest BCUT2D eigenvalue weighted by atomic mass is 79.9. The van der Waals surface area contributed by atoms with Crippen LogP contribution in [-0.4, -0.2) is 30.4 Å². The highest BCUT2D eigenvalue weighted by Crippen LogP contribution is 2.31. The monoisotopic (exact) mass is 526 g/mol. The fraction of sp³-hybridized carbons (Fsp3) is 0.348. The molecule has 1 heterocycles. The van der Waals surface area contributed by atoms with Crippen LogP contribution in [0.4, 0.5) is 5.69 Å². The first-order chi connectivity index (χ1) is 14.8. The normalized spacial score (nSPS) is 15.9. The fourth-order valence-electron chi connectivity index (χ4n) is 3.26. The van der Waals surface area contributed by atoms with Crippen molar-refractivity contribution in [1.29, 1.82) is 0 Å². The van der Waals surface area contributed by atoms with Crippen LogP contribution < -0.4 is 16.9 Å². The van der Waals surface area contributed by atoms with E-state index in [1.807, 2.05) is 36.2 Å². The number of nitrogens with one attached hydrogen (secondary N) is 1. The molecule has 5 N–H and O–H groups in total. The van der Waals surface area contributed by atoms with Crippen molar-refractivity contribution in [2.45, 2.75) is 38.6 Å². The zero-order valence-corrected chi connectivity index (χ0v) is 20.7. The van der Waals surface area contributed by atoms with Crippen LogP contribution in [0.2, 0.25) is 10.0 Å². The zero-order chi connectivity index (χ0) is 22.8. The van der Waals surface area contributed by atoms with Crippen LogP contribution in [0.25, 0.3) is 5.70 Å². The molecule has 0 amide bonds. The number of rotatable bonds is 6. The summed E-state index contributed by atoms with van der Waals surface area (Å²) in [6.07, 6.45) is 5.31. The van der Waals surface area contributed by atoms with Crippen molar-refractivity contribution in [3.8, 4) is 0 Å². The summed E-state index contributed by atoms with van der Waals surface area (Å²) in [4.78, 5) is 11.2. The van der Waals surface area contributed by atoms with Gasteiger partial charge in [-0.1, -0.05) is 64.6 Å². The number of hydrogen-bond donors (Lipinski definition) is 3. The number of hydrogen-bond acceptors (Lipinski definition) is 5. The number of nitrogens with two attached hydrogens (primary N) is 2. The van der Waals surface area contributed by atoms with Crippen molar-refractivity contribution in [1.82, 2.24) is 5.01 Å². The Morgan fingerprint density at radius 3 is 2.29 bits per heavy atom. The smallest absolute Gasteiger partial charge is 0.140 e. The molecule has 5 nitrogen and oxygen atoms in total. The lowest BCUT2D eigenvalue weighted by atomic mass is 9.98. The van der Waals surface area contributed by atoms with Gasteiger partial charge in [0.1, 0.15) is 6.29 Å². The SMILES string of the molecule is CC/C(=C(/Nc1ccc(Cl)cc1Cl)c1ccc(Br)cc1)C(N)C=O.NN1CCCCC1. The number of halogens is 3. The van der Waals surface area contributed by atoms with E-state index in [0.717, 1.165) is 40.7 Å². The minimum absolute atomic E-state index is 0.493. The lowest BCUT2D eigenvalue weighted by Crippen LogP contribution is -2.35. The lowest BCUT2D eigenvalue weighted by molar-refractivity contribution is -0.108. The maximum absolute atomic E-state index is 11.2. The van der Waals surface area contributed by atoms with Gasteiger partial charge in [-0.3, -0.25) is 5.84 Å². The van der Waals surface area contributed by atoms with E-state index in [4.69, 9.17) is 34.8 Å². The van der Waals surface area contributed by atoms with E-state index in [-0.39, 0.29) is 0 Å². The number of benzene rings is 2. The number of piperidine rings is 1. The van der Waals surface area contributed by atoms with Gasteiger partial charge in [-0.05, 0) is 60.7 Å². The maximum Gasteiger partial charge on any atom is 0.140 e. The van der Waals surface area contributed by atoms with Gasteiger partial charge in [0.25, 0.3) is 0 Å². The van der Waals surface area contributed by atoms with Crippen molar-refractivity contribution in [3.63, 3.8) is 0 Å². The quantitative estimate of drug-likeness (QED) is 0.323. The van der Waals surface area contributed by atoms with Gasteiger partial charge in [0.2, 0.25) is 0 Å². The molecule has 0 bridgehead atoms. The molecule has 0 aliphatic carbocycles. The topological polar surface area (TPSA) is 84.4 Å². The first kappa shape index (κ1) is 25.8. The molecule has 1 fully saturated rings. The predicted octanol–water partition coefficient (Wildman–Crippen LogP) is 5.86. The van der Waals surface area contributed by atoms with Crippen molar-refractivity contribution in [3.05, 3.63) is 68.1 Å². The Labute approximate surface area is 202 Å². The molecule has 1 saturated heterocycles. The third-order valence-corrected chi connectivity index (χ3v) is 6.04. The minimum Gasteiger partial charge on any atom is -0.354 e. The Balaban J connectivity index is 0.000000412. The summed E-state index contributed by atoms with van der Waals surface area (Å²) < 4.78 is 0.966. The first-order valence-electron chi connectivity index (χ1n) is 10.3. The summed E-state index contributed by atoms with van der Waals surface area (Å²) >= 11 is 15.6. The summed E-state index contributed by atoms with van der Waals surface area (Å²) in [6, 6.07) is 12.3. The summed E-state index contributed by atoms with van der Waals surface area (Å²) in [5, 5.41) is 6.25. The van der Waals surface area contributed by atoms with E-state index in [0.29, 0.717) is 22.2 Å². The molecule has 0 radical (unpaired) electrons. The summed E-state index contributed by atoms with van der Waals surface area (Å²) in [7, 11) is 0. The molecule has 1 aliphatic rings. The van der Waals surface area contributed by atoms with Gasteiger partial charge in [-0.25, -0.2) is 5.01 Å². The zero-order valence-electron chi connectivity index (χ0n) is 17.6. The molecule has 1 unspecified atom stereocenters. The summed E-state index contributed by atoms with van der Waals surface area (Å²) in [6.45, 7) is 4.16. The van der Waals surface area contributed by atoms with Gasteiger partial charge in [0, 0.05) is 28.3 Å². The predicted molar refractivity (Wildman–Crippen MR) is 135 cm³/mol. The van der Waals surface area contributed by atoms with Gasteiger partial charge in [0.15, 0.2) is 0 Å². The number of anilines is 1. The van der Waals surface area contributed by atoms with Crippen molar-refractivity contribution in [2.24, 2.45) is 11.6 Å². The van der Waals surface area contributed by atoms with Crippen LogP contribution in [0.15, 0.2) is 52.5 Å². The number of aldehydes is 1. The number of carbonyl (C=O) groups is 1. The van der Waals surface area contributed by atoms with Crippen LogP contribution in [0, 0.1) is 0 Å². The Kier molecular flexibility index (Phi) is 11.0. The van der Waals surface area contributed by atoms with Gasteiger partial charge >= 0.3 is 0 Å². The van der Waals surface area contributed by atoms with Gasteiger partial charge in [-0.2, -0.15) is 0 Å². The lowest BCUT2D eigenvalue weighted by Gasteiger charge is -2.20. The Hall–Kier alpha value is -1.41. The molecule has 8 heteroatoms. The highest BCUT2D eigenvalue weighted by Gasteiger charge is 2.16. The van der Waals surface area contributed by atoms with Crippen LogP contribution in [0.1, 0.15) is 38.2 Å². The Morgan fingerprint density at radius 1 is 1.16 bits per heavy atom. The third kappa shape index (κ3) is 8.22. The Morgan fingerprint density at radius 2 is 1.81 bits per heavy atom. The molecule has 0 spiro atoms.